The number of nitrogens with one attached hydrogen (secondary N) is 1. The second-order valence-electron chi connectivity index (χ2n) is 8.97. The number of pyridine rings is 1. The smallest absolute Gasteiger partial charge is 0.278 e. The van der Waals surface area contributed by atoms with Crippen LogP contribution < -0.4 is 15.8 Å². The molecule has 4 aromatic rings. The molecule has 0 unspecified atom stereocenters. The van der Waals surface area contributed by atoms with Crippen LogP contribution in [0.25, 0.3) is 16.9 Å². The van der Waals surface area contributed by atoms with Gasteiger partial charge in [-0.1, -0.05) is 12.1 Å². The zero-order valence-electron chi connectivity index (χ0n) is 20.4. The lowest BCUT2D eigenvalue weighted by molar-refractivity contribution is 0.312. The third kappa shape index (κ3) is 4.42. The maximum atomic E-state index is 13.1. The summed E-state index contributed by atoms with van der Waals surface area (Å²) in [6, 6.07) is 12.0. The number of anilines is 3. The van der Waals surface area contributed by atoms with Crippen molar-refractivity contribution in [2.45, 2.75) is 20.4 Å². The average molecular weight is 471 g/mol. The molecular formula is C26H30N8O. The molecule has 9 nitrogen and oxygen atoms in total. The van der Waals surface area contributed by atoms with Gasteiger partial charge in [0.2, 0.25) is 5.95 Å². The monoisotopic (exact) mass is 470 g/mol. The number of piperazine rings is 1. The van der Waals surface area contributed by atoms with Crippen LogP contribution in [-0.2, 0) is 6.54 Å². The maximum Gasteiger partial charge on any atom is 0.278 e. The number of aromatic nitrogens is 5. The first-order chi connectivity index (χ1) is 16.9. The molecule has 4 heterocycles. The van der Waals surface area contributed by atoms with Gasteiger partial charge >= 0.3 is 0 Å². The second kappa shape index (κ2) is 9.34. The molecule has 0 amide bonds. The summed E-state index contributed by atoms with van der Waals surface area (Å²) in [5.74, 6) is 1.04. The summed E-state index contributed by atoms with van der Waals surface area (Å²) < 4.78 is 3.31. The summed E-state index contributed by atoms with van der Waals surface area (Å²) in [6.45, 7) is 12.4. The fraction of sp³-hybridized carbons (Fsp3) is 0.308. The van der Waals surface area contributed by atoms with Crippen LogP contribution in [0.2, 0.25) is 0 Å². The first-order valence-electron chi connectivity index (χ1n) is 11.8. The van der Waals surface area contributed by atoms with Gasteiger partial charge in [-0.15, -0.1) is 6.58 Å². The topological polar surface area (TPSA) is 84.1 Å². The van der Waals surface area contributed by atoms with Gasteiger partial charge in [-0.25, -0.2) is 19.3 Å². The molecule has 1 N–H and O–H groups in total. The van der Waals surface area contributed by atoms with E-state index in [-0.39, 0.29) is 5.56 Å². The van der Waals surface area contributed by atoms with E-state index < -0.39 is 0 Å². The molecular weight excluding hydrogens is 440 g/mol. The molecule has 3 aromatic heterocycles. The van der Waals surface area contributed by atoms with Crippen LogP contribution in [0.15, 0.2) is 60.0 Å². The number of allylic oxidation sites excluding steroid dienone is 1. The van der Waals surface area contributed by atoms with E-state index in [1.165, 1.54) is 11.3 Å². The van der Waals surface area contributed by atoms with E-state index in [0.717, 1.165) is 37.6 Å². The Morgan fingerprint density at radius 3 is 2.60 bits per heavy atom. The van der Waals surface area contributed by atoms with Gasteiger partial charge in [-0.2, -0.15) is 4.98 Å². The Kier molecular flexibility index (Phi) is 6.08. The minimum Gasteiger partial charge on any atom is -0.369 e. The van der Waals surface area contributed by atoms with Crippen molar-refractivity contribution < 1.29 is 0 Å². The maximum absolute atomic E-state index is 13.1. The summed E-state index contributed by atoms with van der Waals surface area (Å²) in [4.78, 5) is 31.6. The molecule has 0 bridgehead atoms. The predicted molar refractivity (Wildman–Crippen MR) is 140 cm³/mol. The van der Waals surface area contributed by atoms with E-state index in [2.05, 4.69) is 57.8 Å². The molecule has 0 radical (unpaired) electrons. The standard InChI is InChI=1S/C26H30N8O/c1-5-11-33-25(35)21-17-27-26(30-24(21)34(33)23-8-6-7-19(3)28-23)29-20-9-10-22(18(2)16-20)32-14-12-31(4)13-15-32/h5-10,16-17H,1,11-15H2,2-4H3,(H,27,29,30). The van der Waals surface area contributed by atoms with Gasteiger partial charge in [0.05, 0.1) is 6.54 Å². The Labute approximate surface area is 204 Å². The first kappa shape index (κ1) is 22.8. The van der Waals surface area contributed by atoms with Crippen molar-refractivity contribution in [3.05, 3.63) is 76.9 Å². The molecule has 1 fully saturated rings. The second-order valence-corrected chi connectivity index (χ2v) is 8.97. The Morgan fingerprint density at radius 2 is 1.89 bits per heavy atom. The van der Waals surface area contributed by atoms with Gasteiger partial charge in [-0.05, 0) is 56.8 Å². The molecule has 1 aliphatic heterocycles. The lowest BCUT2D eigenvalue weighted by Gasteiger charge is -2.35. The van der Waals surface area contributed by atoms with Crippen LogP contribution in [0.3, 0.4) is 0 Å². The molecule has 5 rings (SSSR count). The van der Waals surface area contributed by atoms with Crippen molar-refractivity contribution in [2.75, 3.05) is 43.4 Å². The van der Waals surface area contributed by atoms with Crippen LogP contribution in [-0.4, -0.2) is 62.4 Å². The lowest BCUT2D eigenvalue weighted by atomic mass is 10.1. The van der Waals surface area contributed by atoms with Crippen molar-refractivity contribution in [1.82, 2.24) is 29.2 Å². The number of fused-ring (bicyclic) bond motifs is 1. The van der Waals surface area contributed by atoms with Crippen molar-refractivity contribution in [2.24, 2.45) is 0 Å². The van der Waals surface area contributed by atoms with Crippen LogP contribution in [0.5, 0.6) is 0 Å². The zero-order chi connectivity index (χ0) is 24.5. The van der Waals surface area contributed by atoms with E-state index in [0.29, 0.717) is 29.3 Å². The van der Waals surface area contributed by atoms with Gasteiger partial charge in [0.1, 0.15) is 5.39 Å². The minimum atomic E-state index is -0.179. The highest BCUT2D eigenvalue weighted by atomic mass is 16.1. The molecule has 0 aliphatic carbocycles. The zero-order valence-corrected chi connectivity index (χ0v) is 20.4. The SMILES string of the molecule is C=CCn1c(=O)c2cnc(Nc3ccc(N4CCN(C)CC4)c(C)c3)nc2n1-c1cccc(C)n1. The average Bonchev–Trinajstić information content (AvgIpc) is 3.11. The number of hydrogen-bond acceptors (Lipinski definition) is 7. The molecule has 35 heavy (non-hydrogen) atoms. The van der Waals surface area contributed by atoms with E-state index >= 15 is 0 Å². The van der Waals surface area contributed by atoms with Crippen molar-refractivity contribution in [3.63, 3.8) is 0 Å². The molecule has 180 valence electrons. The Bertz CT molecular complexity index is 1450. The summed E-state index contributed by atoms with van der Waals surface area (Å²) in [6.07, 6.45) is 3.26. The number of likely N-dealkylation sites (N-methyl/N-ethyl adjacent to an activating group) is 1. The summed E-state index contributed by atoms with van der Waals surface area (Å²) in [5, 5.41) is 3.74. The quantitative estimate of drug-likeness (QED) is 0.433. The number of nitrogens with zero attached hydrogens (tertiary/aromatic N) is 7. The molecule has 0 saturated carbocycles. The van der Waals surface area contributed by atoms with Crippen LogP contribution >= 0.6 is 0 Å². The molecule has 1 saturated heterocycles. The third-order valence-electron chi connectivity index (χ3n) is 6.37. The number of aryl methyl sites for hydroxylation is 2. The molecule has 0 atom stereocenters. The highest BCUT2D eigenvalue weighted by Gasteiger charge is 2.19. The fourth-order valence-corrected chi connectivity index (χ4v) is 4.52. The van der Waals surface area contributed by atoms with Gasteiger partial charge in [0, 0.05) is 49.4 Å². The van der Waals surface area contributed by atoms with E-state index in [1.807, 2.05) is 31.2 Å². The fourth-order valence-electron chi connectivity index (χ4n) is 4.52. The molecule has 1 aliphatic rings. The Morgan fingerprint density at radius 1 is 1.09 bits per heavy atom. The Hall–Kier alpha value is -3.98. The normalized spacial score (nSPS) is 14.4. The summed E-state index contributed by atoms with van der Waals surface area (Å²) >= 11 is 0. The molecule has 9 heteroatoms. The number of benzene rings is 1. The van der Waals surface area contributed by atoms with Gasteiger partial charge < -0.3 is 15.1 Å². The number of hydrogen-bond donors (Lipinski definition) is 1. The summed E-state index contributed by atoms with van der Waals surface area (Å²) in [7, 11) is 2.16. The Balaban J connectivity index is 1.50. The highest BCUT2D eigenvalue weighted by molar-refractivity contribution is 5.77. The van der Waals surface area contributed by atoms with Crippen LogP contribution in [0, 0.1) is 13.8 Å². The third-order valence-corrected chi connectivity index (χ3v) is 6.37. The predicted octanol–water partition coefficient (Wildman–Crippen LogP) is 3.28. The summed E-state index contributed by atoms with van der Waals surface area (Å²) in [5.41, 5.74) is 4.51. The van der Waals surface area contributed by atoms with Gasteiger partial charge in [0.15, 0.2) is 11.5 Å². The van der Waals surface area contributed by atoms with Crippen molar-refractivity contribution >= 4 is 28.4 Å². The number of rotatable bonds is 6. The lowest BCUT2D eigenvalue weighted by Crippen LogP contribution is -2.44. The largest absolute Gasteiger partial charge is 0.369 e. The van der Waals surface area contributed by atoms with E-state index in [9.17, 15) is 4.79 Å². The molecule has 0 spiro atoms. The van der Waals surface area contributed by atoms with E-state index in [4.69, 9.17) is 4.98 Å². The van der Waals surface area contributed by atoms with Crippen LogP contribution in [0.1, 0.15) is 11.3 Å². The van der Waals surface area contributed by atoms with Crippen molar-refractivity contribution in [1.29, 1.82) is 0 Å². The van der Waals surface area contributed by atoms with Gasteiger partial charge in [-0.3, -0.25) is 4.79 Å². The van der Waals surface area contributed by atoms with Gasteiger partial charge in [0.25, 0.3) is 5.56 Å². The van der Waals surface area contributed by atoms with Crippen LogP contribution in [0.4, 0.5) is 17.3 Å². The van der Waals surface area contributed by atoms with E-state index in [1.54, 1.807) is 21.6 Å². The molecule has 1 aromatic carbocycles. The first-order valence-corrected chi connectivity index (χ1v) is 11.8. The van der Waals surface area contributed by atoms with Crippen molar-refractivity contribution in [3.8, 4) is 5.82 Å². The highest BCUT2D eigenvalue weighted by Crippen LogP contribution is 2.26. The minimum absolute atomic E-state index is 0.179.